The third-order valence-electron chi connectivity index (χ3n) is 4.29. The summed E-state index contributed by atoms with van der Waals surface area (Å²) in [4.78, 5) is 21.2. The lowest BCUT2D eigenvalue weighted by Crippen LogP contribution is -2.37. The van der Waals surface area contributed by atoms with E-state index in [1.54, 1.807) is 32.5 Å². The van der Waals surface area contributed by atoms with Gasteiger partial charge in [-0.2, -0.15) is 0 Å². The van der Waals surface area contributed by atoms with Crippen LogP contribution < -0.4 is 24.7 Å². The van der Waals surface area contributed by atoms with Crippen molar-refractivity contribution >= 4 is 28.6 Å². The molecule has 0 bridgehead atoms. The van der Waals surface area contributed by atoms with Gasteiger partial charge < -0.3 is 14.8 Å². The third kappa shape index (κ3) is 2.55. The summed E-state index contributed by atoms with van der Waals surface area (Å²) in [5, 5.41) is 7.13. The van der Waals surface area contributed by atoms with Crippen LogP contribution in [0.2, 0.25) is 0 Å². The van der Waals surface area contributed by atoms with Gasteiger partial charge in [0, 0.05) is 12.4 Å². The Balaban J connectivity index is 1.86. The van der Waals surface area contributed by atoms with Crippen LogP contribution in [0.1, 0.15) is 10.4 Å². The first-order valence-electron chi connectivity index (χ1n) is 8.16. The SMILES string of the molecule is COc1ccc2c3[n+](c(NC(=O)c4cccnc4)nc2c1OC)CCN3. The predicted octanol–water partition coefficient (Wildman–Crippen LogP) is 1.61. The number of hydrogen-bond donors (Lipinski definition) is 2. The van der Waals surface area contributed by atoms with Crippen molar-refractivity contribution in [3.05, 3.63) is 42.2 Å². The van der Waals surface area contributed by atoms with E-state index in [0.717, 1.165) is 17.7 Å². The second-order valence-corrected chi connectivity index (χ2v) is 5.76. The number of amides is 1. The highest BCUT2D eigenvalue weighted by Gasteiger charge is 2.28. The molecule has 3 aromatic rings. The van der Waals surface area contributed by atoms with E-state index < -0.39 is 0 Å². The minimum absolute atomic E-state index is 0.270. The summed E-state index contributed by atoms with van der Waals surface area (Å²) in [6.45, 7) is 1.46. The molecule has 0 saturated heterocycles. The summed E-state index contributed by atoms with van der Waals surface area (Å²) in [7, 11) is 3.15. The zero-order valence-electron chi connectivity index (χ0n) is 14.4. The van der Waals surface area contributed by atoms with Crippen molar-refractivity contribution in [3.63, 3.8) is 0 Å². The van der Waals surface area contributed by atoms with Gasteiger partial charge in [-0.25, -0.2) is 9.88 Å². The van der Waals surface area contributed by atoms with E-state index >= 15 is 0 Å². The Morgan fingerprint density at radius 2 is 2.15 bits per heavy atom. The van der Waals surface area contributed by atoms with Gasteiger partial charge in [0.1, 0.15) is 0 Å². The Hall–Kier alpha value is -3.42. The van der Waals surface area contributed by atoms with Gasteiger partial charge in [0.15, 0.2) is 17.0 Å². The van der Waals surface area contributed by atoms with Crippen molar-refractivity contribution in [1.82, 2.24) is 9.97 Å². The molecule has 0 fully saturated rings. The highest BCUT2D eigenvalue weighted by atomic mass is 16.5. The number of fused-ring (bicyclic) bond motifs is 3. The fraction of sp³-hybridized carbons (Fsp3) is 0.222. The Bertz CT molecular complexity index is 991. The molecule has 0 atom stereocenters. The standard InChI is InChI=1S/C18H17N5O3/c1-25-13-6-5-12-14(15(13)26-2)21-18(23-9-8-20-16(12)23)22-17(24)11-4-3-7-19-10-11/h3-7,10H,8-9H2,1-2H3,(H,20,21,22,24)/p+1. The van der Waals surface area contributed by atoms with Crippen LogP contribution in [0.4, 0.5) is 11.8 Å². The number of benzene rings is 1. The number of carbonyl (C=O) groups excluding carboxylic acids is 1. The number of aromatic nitrogens is 3. The van der Waals surface area contributed by atoms with Gasteiger partial charge in [0.05, 0.1) is 38.3 Å². The molecule has 0 aliphatic carbocycles. The normalized spacial score (nSPS) is 12.4. The molecule has 132 valence electrons. The summed E-state index contributed by atoms with van der Waals surface area (Å²) < 4.78 is 12.8. The van der Waals surface area contributed by atoms with E-state index in [2.05, 4.69) is 20.6 Å². The second-order valence-electron chi connectivity index (χ2n) is 5.76. The predicted molar refractivity (Wildman–Crippen MR) is 95.7 cm³/mol. The largest absolute Gasteiger partial charge is 0.493 e. The Labute approximate surface area is 149 Å². The highest BCUT2D eigenvalue weighted by molar-refractivity contribution is 6.03. The number of nitrogens with zero attached hydrogens (tertiary/aromatic N) is 3. The lowest BCUT2D eigenvalue weighted by atomic mass is 10.2. The molecule has 0 unspecified atom stereocenters. The summed E-state index contributed by atoms with van der Waals surface area (Å²) in [5.74, 6) is 2.17. The highest BCUT2D eigenvalue weighted by Crippen LogP contribution is 2.37. The van der Waals surface area contributed by atoms with Gasteiger partial charge in [0.2, 0.25) is 5.82 Å². The fourth-order valence-electron chi connectivity index (χ4n) is 3.09. The smallest absolute Gasteiger partial charge is 0.355 e. The van der Waals surface area contributed by atoms with E-state index in [9.17, 15) is 4.79 Å². The minimum Gasteiger partial charge on any atom is -0.493 e. The molecule has 0 radical (unpaired) electrons. The molecule has 0 spiro atoms. The Kier molecular flexibility index (Phi) is 4.00. The van der Waals surface area contributed by atoms with Crippen LogP contribution in [0, 0.1) is 0 Å². The molecule has 0 saturated carbocycles. The van der Waals surface area contributed by atoms with Crippen molar-refractivity contribution in [2.24, 2.45) is 0 Å². The molecular formula is C18H18N5O3+. The first-order valence-corrected chi connectivity index (χ1v) is 8.16. The van der Waals surface area contributed by atoms with Crippen LogP contribution in [0.15, 0.2) is 36.7 Å². The van der Waals surface area contributed by atoms with Gasteiger partial charge in [-0.15, -0.1) is 4.98 Å². The molecule has 8 heteroatoms. The molecule has 1 aromatic carbocycles. The molecular weight excluding hydrogens is 334 g/mol. The Morgan fingerprint density at radius 1 is 1.27 bits per heavy atom. The van der Waals surface area contributed by atoms with Crippen molar-refractivity contribution < 1.29 is 18.8 Å². The van der Waals surface area contributed by atoms with Gasteiger partial charge in [-0.3, -0.25) is 9.78 Å². The number of nitrogens with one attached hydrogen (secondary N) is 2. The van der Waals surface area contributed by atoms with Crippen LogP contribution in [0.3, 0.4) is 0 Å². The maximum atomic E-state index is 12.5. The number of ether oxygens (including phenoxy) is 2. The molecule has 1 aliphatic heterocycles. The molecule has 3 heterocycles. The third-order valence-corrected chi connectivity index (χ3v) is 4.29. The van der Waals surface area contributed by atoms with Crippen molar-refractivity contribution in [2.45, 2.75) is 6.54 Å². The average molecular weight is 352 g/mol. The lowest BCUT2D eigenvalue weighted by molar-refractivity contribution is -0.657. The summed E-state index contributed by atoms with van der Waals surface area (Å²) in [6.07, 6.45) is 3.14. The van der Waals surface area contributed by atoms with Gasteiger partial charge in [-0.1, -0.05) is 0 Å². The summed E-state index contributed by atoms with van der Waals surface area (Å²) in [6, 6.07) is 7.20. The van der Waals surface area contributed by atoms with Gasteiger partial charge in [-0.05, 0) is 24.3 Å². The van der Waals surface area contributed by atoms with E-state index in [1.807, 2.05) is 16.7 Å². The van der Waals surface area contributed by atoms with E-state index in [1.165, 1.54) is 6.20 Å². The van der Waals surface area contributed by atoms with Crippen LogP contribution in [0.5, 0.6) is 11.5 Å². The molecule has 1 amide bonds. The quantitative estimate of drug-likeness (QED) is 0.694. The molecule has 4 rings (SSSR count). The van der Waals surface area contributed by atoms with Crippen LogP contribution in [-0.4, -0.2) is 36.6 Å². The Morgan fingerprint density at radius 3 is 2.88 bits per heavy atom. The first-order chi connectivity index (χ1) is 12.7. The lowest BCUT2D eigenvalue weighted by Gasteiger charge is -2.12. The van der Waals surface area contributed by atoms with Gasteiger partial charge >= 0.3 is 11.9 Å². The molecule has 2 N–H and O–H groups in total. The number of hydrogen-bond acceptors (Lipinski definition) is 6. The van der Waals surface area contributed by atoms with Gasteiger partial charge in [0.25, 0.3) is 0 Å². The van der Waals surface area contributed by atoms with Crippen LogP contribution >= 0.6 is 0 Å². The van der Waals surface area contributed by atoms with Crippen molar-refractivity contribution in [3.8, 4) is 11.5 Å². The van der Waals surface area contributed by atoms with Crippen LogP contribution in [0.25, 0.3) is 10.9 Å². The summed E-state index contributed by atoms with van der Waals surface area (Å²) >= 11 is 0. The molecule has 8 nitrogen and oxygen atoms in total. The second kappa shape index (κ2) is 6.47. The monoisotopic (exact) mass is 352 g/mol. The van der Waals surface area contributed by atoms with Crippen molar-refractivity contribution in [1.29, 1.82) is 0 Å². The number of anilines is 2. The van der Waals surface area contributed by atoms with E-state index in [-0.39, 0.29) is 5.91 Å². The van der Waals surface area contributed by atoms with E-state index in [0.29, 0.717) is 35.1 Å². The molecule has 1 aliphatic rings. The molecule has 2 aromatic heterocycles. The number of pyridine rings is 1. The van der Waals surface area contributed by atoms with E-state index in [4.69, 9.17) is 9.47 Å². The molecule has 26 heavy (non-hydrogen) atoms. The summed E-state index contributed by atoms with van der Waals surface area (Å²) in [5.41, 5.74) is 1.08. The average Bonchev–Trinajstić information content (AvgIpc) is 3.18. The maximum absolute atomic E-state index is 12.5. The maximum Gasteiger partial charge on any atom is 0.355 e. The topological polar surface area (TPSA) is 89.3 Å². The number of rotatable bonds is 4. The van der Waals surface area contributed by atoms with Crippen molar-refractivity contribution in [2.75, 3.05) is 31.4 Å². The van der Waals surface area contributed by atoms with Crippen LogP contribution in [-0.2, 0) is 6.54 Å². The fourth-order valence-corrected chi connectivity index (χ4v) is 3.09. The number of carbonyl (C=O) groups is 1. The first kappa shape index (κ1) is 16.1. The zero-order chi connectivity index (χ0) is 18.1. The zero-order valence-corrected chi connectivity index (χ0v) is 14.4. The number of methoxy groups -OCH3 is 2. The minimum atomic E-state index is -0.270.